The molecule has 0 aliphatic heterocycles. The van der Waals surface area contributed by atoms with Crippen LogP contribution in [-0.2, 0) is 0 Å². The van der Waals surface area contributed by atoms with Crippen molar-refractivity contribution in [3.05, 3.63) is 80.5 Å². The molecular formula is C30H33I3N4O3. The van der Waals surface area contributed by atoms with Crippen LogP contribution in [0.4, 0.5) is 0 Å². The van der Waals surface area contributed by atoms with E-state index in [4.69, 9.17) is 0 Å². The first kappa shape index (κ1) is 32.7. The maximum Gasteiger partial charge on any atom is 0.137 e. The number of phenols is 3. The van der Waals surface area contributed by atoms with E-state index in [0.717, 1.165) is 27.4 Å². The Kier molecular flexibility index (Phi) is 13.1. The number of hydrogen-bond donors (Lipinski definition) is 3. The zero-order valence-electron chi connectivity index (χ0n) is 22.7. The standard InChI is InChI=1S/C30H33I3N4O3/c1-19-10-22(28(38)25(31)13-19)16-34-4-7-37(8-5-35-17-23-11-20(2)14-26(32)29(23)39)9-6-36-18-24-12-21(3)15-27(33)30(24)40/h10-18,38-40H,4-9H2,1-3H3. The van der Waals surface area contributed by atoms with Crippen molar-refractivity contribution in [2.45, 2.75) is 20.8 Å². The maximum absolute atomic E-state index is 10.3. The number of aliphatic imine (C=N–C) groups is 3. The van der Waals surface area contributed by atoms with Gasteiger partial charge in [0.05, 0.1) is 30.3 Å². The highest BCUT2D eigenvalue weighted by molar-refractivity contribution is 14.1. The van der Waals surface area contributed by atoms with Crippen molar-refractivity contribution in [3.63, 3.8) is 0 Å². The SMILES string of the molecule is Cc1cc(I)c(O)c(C=NCCN(CCN=Cc2cc(C)cc(I)c2O)CCN=Cc2cc(C)cc(I)c2O)c1. The van der Waals surface area contributed by atoms with E-state index in [-0.39, 0.29) is 17.2 Å². The lowest BCUT2D eigenvalue weighted by atomic mass is 10.1. The van der Waals surface area contributed by atoms with E-state index in [1.165, 1.54) is 0 Å². The molecule has 7 nitrogen and oxygen atoms in total. The van der Waals surface area contributed by atoms with Crippen molar-refractivity contribution in [1.82, 2.24) is 4.90 Å². The van der Waals surface area contributed by atoms with Crippen LogP contribution in [0, 0.1) is 31.5 Å². The number of rotatable bonds is 12. The minimum Gasteiger partial charge on any atom is -0.506 e. The van der Waals surface area contributed by atoms with Crippen LogP contribution in [0.5, 0.6) is 17.2 Å². The van der Waals surface area contributed by atoms with Gasteiger partial charge in [0, 0.05) is 55.0 Å². The molecule has 0 amide bonds. The van der Waals surface area contributed by atoms with Gasteiger partial charge in [-0.25, -0.2) is 0 Å². The summed E-state index contributed by atoms with van der Waals surface area (Å²) in [5.74, 6) is 0.746. The molecule has 212 valence electrons. The van der Waals surface area contributed by atoms with Gasteiger partial charge in [-0.15, -0.1) is 0 Å². The van der Waals surface area contributed by atoms with E-state index in [1.807, 2.05) is 57.2 Å². The van der Waals surface area contributed by atoms with E-state index in [1.54, 1.807) is 18.6 Å². The summed E-state index contributed by atoms with van der Waals surface area (Å²) in [7, 11) is 0. The second kappa shape index (κ2) is 16.0. The van der Waals surface area contributed by atoms with Gasteiger partial charge in [0.15, 0.2) is 0 Å². The fourth-order valence-corrected chi connectivity index (χ4v) is 6.41. The molecule has 40 heavy (non-hydrogen) atoms. The van der Waals surface area contributed by atoms with Crippen molar-refractivity contribution in [2.75, 3.05) is 39.3 Å². The number of nitrogens with zero attached hydrogens (tertiary/aromatic N) is 4. The Morgan fingerprint density at radius 3 is 1.10 bits per heavy atom. The lowest BCUT2D eigenvalue weighted by Crippen LogP contribution is -2.31. The minimum atomic E-state index is 0.249. The molecule has 0 unspecified atom stereocenters. The molecule has 0 aromatic heterocycles. The Morgan fingerprint density at radius 2 is 0.825 bits per heavy atom. The summed E-state index contributed by atoms with van der Waals surface area (Å²) in [6.07, 6.45) is 5.18. The van der Waals surface area contributed by atoms with Crippen molar-refractivity contribution in [3.8, 4) is 17.2 Å². The zero-order chi connectivity index (χ0) is 29.2. The fourth-order valence-electron chi connectivity index (χ4n) is 4.00. The normalized spacial score (nSPS) is 12.1. The first-order valence-corrected chi connectivity index (χ1v) is 16.0. The van der Waals surface area contributed by atoms with Gasteiger partial charge < -0.3 is 15.3 Å². The van der Waals surface area contributed by atoms with Crippen LogP contribution in [0.3, 0.4) is 0 Å². The van der Waals surface area contributed by atoms with Gasteiger partial charge in [-0.05, 0) is 142 Å². The van der Waals surface area contributed by atoms with Gasteiger partial charge >= 0.3 is 0 Å². The third-order valence-corrected chi connectivity index (χ3v) is 8.51. The van der Waals surface area contributed by atoms with Crippen molar-refractivity contribution in [2.24, 2.45) is 15.0 Å². The average Bonchev–Trinajstić information content (AvgIpc) is 2.89. The summed E-state index contributed by atoms with van der Waals surface area (Å²) >= 11 is 6.37. The Bertz CT molecular complexity index is 1250. The monoisotopic (exact) mass is 878 g/mol. The van der Waals surface area contributed by atoms with Gasteiger partial charge in [-0.2, -0.15) is 0 Å². The Balaban J connectivity index is 1.64. The Morgan fingerprint density at radius 1 is 0.550 bits per heavy atom. The minimum absolute atomic E-state index is 0.249. The molecule has 3 rings (SSSR count). The molecule has 0 saturated carbocycles. The van der Waals surface area contributed by atoms with Crippen molar-refractivity contribution in [1.29, 1.82) is 0 Å². The van der Waals surface area contributed by atoms with Crippen LogP contribution in [0.2, 0.25) is 0 Å². The number of aromatic hydroxyl groups is 3. The molecule has 3 aromatic rings. The predicted molar refractivity (Wildman–Crippen MR) is 191 cm³/mol. The van der Waals surface area contributed by atoms with Gasteiger partial charge in [0.1, 0.15) is 17.2 Å². The van der Waals surface area contributed by atoms with Gasteiger partial charge in [-0.3, -0.25) is 19.9 Å². The maximum atomic E-state index is 10.3. The van der Waals surface area contributed by atoms with Crippen molar-refractivity contribution < 1.29 is 15.3 Å². The molecule has 0 heterocycles. The molecule has 0 fully saturated rings. The quantitative estimate of drug-likeness (QED) is 0.143. The zero-order valence-corrected chi connectivity index (χ0v) is 29.2. The highest BCUT2D eigenvalue weighted by Crippen LogP contribution is 2.26. The number of phenolic OH excluding ortho intramolecular Hbond substituents is 3. The highest BCUT2D eigenvalue weighted by Gasteiger charge is 2.08. The van der Waals surface area contributed by atoms with Crippen LogP contribution in [0.1, 0.15) is 33.4 Å². The summed E-state index contributed by atoms with van der Waals surface area (Å²) in [5.41, 5.74) is 5.36. The largest absolute Gasteiger partial charge is 0.506 e. The number of benzene rings is 3. The Hall–Kier alpha value is -1.78. The first-order valence-electron chi connectivity index (χ1n) is 12.7. The third-order valence-electron chi connectivity index (χ3n) is 6.04. The van der Waals surface area contributed by atoms with Gasteiger partial charge in [0.2, 0.25) is 0 Å². The van der Waals surface area contributed by atoms with Crippen molar-refractivity contribution >= 4 is 86.4 Å². The van der Waals surface area contributed by atoms with Crippen LogP contribution < -0.4 is 0 Å². The summed E-state index contributed by atoms with van der Waals surface area (Å²) in [4.78, 5) is 15.9. The summed E-state index contributed by atoms with van der Waals surface area (Å²) in [6.45, 7) is 9.77. The fraction of sp³-hybridized carbons (Fsp3) is 0.300. The molecule has 3 aromatic carbocycles. The average molecular weight is 878 g/mol. The molecule has 0 saturated heterocycles. The molecule has 0 spiro atoms. The van der Waals surface area contributed by atoms with Crippen LogP contribution in [0.25, 0.3) is 0 Å². The van der Waals surface area contributed by atoms with Crippen LogP contribution in [-0.4, -0.2) is 78.1 Å². The molecule has 0 aliphatic carbocycles. The molecule has 3 N–H and O–H groups in total. The summed E-state index contributed by atoms with van der Waals surface area (Å²) in [5, 5.41) is 31.0. The van der Waals surface area contributed by atoms with E-state index in [9.17, 15) is 15.3 Å². The molecular weight excluding hydrogens is 845 g/mol. The van der Waals surface area contributed by atoms with Crippen LogP contribution >= 0.6 is 67.8 Å². The molecule has 0 radical (unpaired) electrons. The smallest absolute Gasteiger partial charge is 0.137 e. The second-order valence-electron chi connectivity index (χ2n) is 9.50. The van der Waals surface area contributed by atoms with E-state index < -0.39 is 0 Å². The van der Waals surface area contributed by atoms with E-state index in [0.29, 0.717) is 56.0 Å². The lowest BCUT2D eigenvalue weighted by molar-refractivity contribution is 0.298. The highest BCUT2D eigenvalue weighted by atomic mass is 127. The molecule has 0 aliphatic rings. The first-order chi connectivity index (χ1) is 19.0. The molecule has 10 heteroatoms. The van der Waals surface area contributed by atoms with E-state index in [2.05, 4.69) is 87.6 Å². The lowest BCUT2D eigenvalue weighted by Gasteiger charge is -2.19. The van der Waals surface area contributed by atoms with E-state index >= 15 is 0 Å². The topological polar surface area (TPSA) is 101 Å². The summed E-state index contributed by atoms with van der Waals surface area (Å²) < 4.78 is 2.42. The third kappa shape index (κ3) is 9.94. The Labute approximate surface area is 277 Å². The van der Waals surface area contributed by atoms with Crippen LogP contribution in [0.15, 0.2) is 51.4 Å². The number of aryl methyl sites for hydroxylation is 3. The molecule has 0 bridgehead atoms. The summed E-state index contributed by atoms with van der Waals surface area (Å²) in [6, 6.07) is 11.6. The second-order valence-corrected chi connectivity index (χ2v) is 13.0. The van der Waals surface area contributed by atoms with Gasteiger partial charge in [0.25, 0.3) is 0 Å². The number of halogens is 3. The van der Waals surface area contributed by atoms with Gasteiger partial charge in [-0.1, -0.05) is 0 Å². The predicted octanol–water partition coefficient (Wildman–Crippen LogP) is 6.50. The number of hydrogen-bond acceptors (Lipinski definition) is 7. The molecule has 0 atom stereocenters.